The first-order chi connectivity index (χ1) is 17.7. The normalized spacial score (nSPS) is 22.2. The van der Waals surface area contributed by atoms with Crippen molar-refractivity contribution in [1.82, 2.24) is 0 Å². The molecule has 0 bridgehead atoms. The average Bonchev–Trinajstić information content (AvgIpc) is 3.16. The summed E-state index contributed by atoms with van der Waals surface area (Å²) in [5.74, 6) is -0.271. The molecular weight excluding hydrogens is 545 g/mol. The van der Waals surface area contributed by atoms with E-state index in [1.807, 2.05) is 19.1 Å². The summed E-state index contributed by atoms with van der Waals surface area (Å²) in [4.78, 5) is 11.8. The largest absolute Gasteiger partial charge is 0.414 e. The Morgan fingerprint density at radius 2 is 1.56 bits per heavy atom. The maximum absolute atomic E-state index is 13.3. The van der Waals surface area contributed by atoms with E-state index in [0.29, 0.717) is 24.3 Å². The first-order valence-corrected chi connectivity index (χ1v) is 21.9. The number of aldehydes is 1. The van der Waals surface area contributed by atoms with Crippen LogP contribution in [0.25, 0.3) is 0 Å². The molecule has 0 radical (unpaired) electrons. The molecule has 1 aliphatic heterocycles. The molecule has 9 heteroatoms. The van der Waals surface area contributed by atoms with Crippen LogP contribution in [-0.2, 0) is 34.6 Å². The number of benzene rings is 1. The monoisotopic (exact) mass is 598 g/mol. The Kier molecular flexibility index (Phi) is 11.4. The van der Waals surface area contributed by atoms with Crippen molar-refractivity contribution in [3.05, 3.63) is 29.8 Å². The molecule has 4 atom stereocenters. The summed E-state index contributed by atoms with van der Waals surface area (Å²) in [5.41, 5.74) is 1.10. The zero-order valence-corrected chi connectivity index (χ0v) is 29.1. The van der Waals surface area contributed by atoms with Gasteiger partial charge in [-0.3, -0.25) is 0 Å². The second kappa shape index (κ2) is 13.0. The van der Waals surface area contributed by atoms with Crippen molar-refractivity contribution < 1.29 is 26.8 Å². The van der Waals surface area contributed by atoms with Gasteiger partial charge in [0.15, 0.2) is 26.5 Å². The molecule has 1 aromatic rings. The van der Waals surface area contributed by atoms with Gasteiger partial charge < -0.3 is 18.4 Å². The molecule has 0 aromatic heterocycles. The zero-order valence-electron chi connectivity index (χ0n) is 26.3. The topological polar surface area (TPSA) is 78.9 Å². The van der Waals surface area contributed by atoms with Crippen molar-refractivity contribution in [2.24, 2.45) is 5.92 Å². The lowest BCUT2D eigenvalue weighted by atomic mass is 9.98. The highest BCUT2D eigenvalue weighted by molar-refractivity contribution is 7.91. The van der Waals surface area contributed by atoms with Gasteiger partial charge in [-0.15, -0.1) is 0 Å². The fourth-order valence-corrected chi connectivity index (χ4v) is 8.48. The minimum Gasteiger partial charge on any atom is -0.414 e. The first kappa shape index (κ1) is 34.4. The quantitative estimate of drug-likeness (QED) is 0.177. The Labute approximate surface area is 240 Å². The van der Waals surface area contributed by atoms with Crippen LogP contribution < -0.4 is 0 Å². The summed E-state index contributed by atoms with van der Waals surface area (Å²) in [5, 5.41) is 0.130. The van der Waals surface area contributed by atoms with Gasteiger partial charge in [0.25, 0.3) is 0 Å². The number of carbonyl (C=O) groups is 1. The minimum atomic E-state index is -3.51. The van der Waals surface area contributed by atoms with E-state index in [1.54, 1.807) is 12.1 Å². The smallest absolute Gasteiger partial charge is 0.192 e. The van der Waals surface area contributed by atoms with Crippen LogP contribution in [0.4, 0.5) is 0 Å². The molecule has 0 unspecified atom stereocenters. The van der Waals surface area contributed by atoms with Crippen LogP contribution >= 0.6 is 0 Å². The SMILES string of the molecule is CCc1ccc(S(=O)(=O)C[C@@H]2C[C@@H](C[C@@H](CO[Si](C)(C)C(C)(C)C)O[Si](C)(C)C(C)(C)C)O[C@H]2CC=O)cc1. The van der Waals surface area contributed by atoms with Gasteiger partial charge in [0.1, 0.15) is 6.29 Å². The van der Waals surface area contributed by atoms with Crippen molar-refractivity contribution >= 4 is 32.8 Å². The number of carbonyl (C=O) groups excluding carboxylic acids is 1. The van der Waals surface area contributed by atoms with Crippen LogP contribution in [0.5, 0.6) is 0 Å². The molecule has 0 saturated carbocycles. The number of hydrogen-bond donors (Lipinski definition) is 0. The summed E-state index contributed by atoms with van der Waals surface area (Å²) in [6, 6.07) is 7.12. The highest BCUT2D eigenvalue weighted by atomic mass is 32.2. The molecule has 1 aliphatic rings. The van der Waals surface area contributed by atoms with E-state index < -0.39 is 32.6 Å². The molecule has 0 spiro atoms. The van der Waals surface area contributed by atoms with Gasteiger partial charge in [0.05, 0.1) is 35.6 Å². The molecule has 1 saturated heterocycles. The van der Waals surface area contributed by atoms with E-state index in [0.717, 1.165) is 18.3 Å². The Bertz CT molecular complexity index is 1040. The molecule has 224 valence electrons. The maximum atomic E-state index is 13.3. The van der Waals surface area contributed by atoms with Crippen LogP contribution in [0, 0.1) is 5.92 Å². The van der Waals surface area contributed by atoms with Crippen molar-refractivity contribution in [2.75, 3.05) is 12.4 Å². The molecular formula is C30H54O6SSi2. The molecule has 0 aliphatic carbocycles. The van der Waals surface area contributed by atoms with Crippen molar-refractivity contribution in [1.29, 1.82) is 0 Å². The highest BCUT2D eigenvalue weighted by Crippen LogP contribution is 2.41. The first-order valence-electron chi connectivity index (χ1n) is 14.4. The highest BCUT2D eigenvalue weighted by Gasteiger charge is 2.44. The fourth-order valence-electron chi connectivity index (χ4n) is 4.44. The van der Waals surface area contributed by atoms with Crippen LogP contribution in [0.15, 0.2) is 29.2 Å². The minimum absolute atomic E-state index is 0.0261. The molecule has 2 rings (SSSR count). The van der Waals surface area contributed by atoms with Crippen LogP contribution in [0.1, 0.15) is 73.3 Å². The average molecular weight is 599 g/mol. The predicted octanol–water partition coefficient (Wildman–Crippen LogP) is 7.19. The Morgan fingerprint density at radius 3 is 2.05 bits per heavy atom. The molecule has 0 N–H and O–H groups in total. The third-order valence-electron chi connectivity index (χ3n) is 9.14. The van der Waals surface area contributed by atoms with Crippen molar-refractivity contribution in [2.45, 2.75) is 134 Å². The van der Waals surface area contributed by atoms with E-state index in [1.165, 1.54) is 0 Å². The molecule has 6 nitrogen and oxygen atoms in total. The van der Waals surface area contributed by atoms with Crippen molar-refractivity contribution in [3.63, 3.8) is 0 Å². The van der Waals surface area contributed by atoms with Crippen LogP contribution in [0.2, 0.25) is 36.3 Å². The number of aryl methyl sites for hydroxylation is 1. The lowest BCUT2D eigenvalue weighted by molar-refractivity contribution is -0.110. The third-order valence-corrected chi connectivity index (χ3v) is 20.0. The molecule has 1 fully saturated rings. The van der Waals surface area contributed by atoms with Crippen molar-refractivity contribution in [3.8, 4) is 0 Å². The van der Waals surface area contributed by atoms with E-state index in [9.17, 15) is 13.2 Å². The maximum Gasteiger partial charge on any atom is 0.192 e. The van der Waals surface area contributed by atoms with Gasteiger partial charge in [0, 0.05) is 18.8 Å². The summed E-state index contributed by atoms with van der Waals surface area (Å²) in [7, 11) is -7.59. The van der Waals surface area contributed by atoms with Gasteiger partial charge in [-0.2, -0.15) is 0 Å². The number of ether oxygens (including phenoxy) is 1. The number of sulfone groups is 1. The summed E-state index contributed by atoms with van der Waals surface area (Å²) >= 11 is 0. The van der Waals surface area contributed by atoms with E-state index in [4.69, 9.17) is 13.6 Å². The Hall–Kier alpha value is -0.846. The fraction of sp³-hybridized carbons (Fsp3) is 0.767. The molecule has 39 heavy (non-hydrogen) atoms. The summed E-state index contributed by atoms with van der Waals surface area (Å²) < 4.78 is 46.4. The Balaban J connectivity index is 2.23. The van der Waals surface area contributed by atoms with Gasteiger partial charge in [-0.05, 0) is 66.8 Å². The lowest BCUT2D eigenvalue weighted by Gasteiger charge is -2.42. The molecule has 0 amide bonds. The lowest BCUT2D eigenvalue weighted by Crippen LogP contribution is -2.48. The summed E-state index contributed by atoms with van der Waals surface area (Å²) in [6.07, 6.45) is 2.35. The number of hydrogen-bond acceptors (Lipinski definition) is 6. The summed E-state index contributed by atoms with van der Waals surface area (Å²) in [6.45, 7) is 24.9. The standard InChI is InChI=1S/C30H54O6SSi2/c1-12-23-13-15-27(16-14-23)37(32,33)22-24-19-25(35-28(24)17-18-31)20-26(36-39(10,11)30(5,6)7)21-34-38(8,9)29(2,3)4/h13-16,18,24-26,28H,12,17,19-22H2,1-11H3/t24-,25-,26-,28-/m0/s1. The zero-order chi connectivity index (χ0) is 29.9. The van der Waals surface area contributed by atoms with E-state index in [2.05, 4.69) is 67.7 Å². The van der Waals surface area contributed by atoms with Crippen LogP contribution in [0.3, 0.4) is 0 Å². The third kappa shape index (κ3) is 9.33. The molecule has 1 heterocycles. The van der Waals surface area contributed by atoms with Gasteiger partial charge in [-0.1, -0.05) is 60.6 Å². The molecule has 1 aromatic carbocycles. The van der Waals surface area contributed by atoms with Gasteiger partial charge in [0.2, 0.25) is 0 Å². The second-order valence-electron chi connectivity index (χ2n) is 14.3. The Morgan fingerprint density at radius 1 is 1.00 bits per heavy atom. The second-order valence-corrected chi connectivity index (χ2v) is 25.9. The van der Waals surface area contributed by atoms with Gasteiger partial charge >= 0.3 is 0 Å². The predicted molar refractivity (Wildman–Crippen MR) is 165 cm³/mol. The van der Waals surface area contributed by atoms with Crippen LogP contribution in [-0.4, -0.2) is 62.0 Å². The number of rotatable bonds is 13. The van der Waals surface area contributed by atoms with E-state index >= 15 is 0 Å². The van der Waals surface area contributed by atoms with Gasteiger partial charge in [-0.25, -0.2) is 8.42 Å². The van der Waals surface area contributed by atoms with E-state index in [-0.39, 0.29) is 40.4 Å².